The van der Waals surface area contributed by atoms with Crippen LogP contribution in [-0.2, 0) is 11.3 Å². The van der Waals surface area contributed by atoms with Crippen molar-refractivity contribution in [3.8, 4) is 0 Å². The Labute approximate surface area is 123 Å². The van der Waals surface area contributed by atoms with E-state index in [-0.39, 0.29) is 18.4 Å². The minimum Gasteiger partial charge on any atom is -0.341 e. The van der Waals surface area contributed by atoms with E-state index in [0.717, 1.165) is 45.2 Å². The molecule has 2 fully saturated rings. The van der Waals surface area contributed by atoms with Crippen LogP contribution in [0.1, 0.15) is 56.7 Å². The Bertz CT molecular complexity index is 485. The molecule has 0 bridgehead atoms. The number of rotatable bonds is 3. The Balaban J connectivity index is 1.60. The van der Waals surface area contributed by atoms with Gasteiger partial charge in [0.05, 0.1) is 5.92 Å². The van der Waals surface area contributed by atoms with Crippen LogP contribution in [0.4, 0.5) is 4.39 Å². The maximum absolute atomic E-state index is 13.9. The fourth-order valence-electron chi connectivity index (χ4n) is 3.21. The molecule has 1 amide bonds. The smallest absolute Gasteiger partial charge is 0.246 e. The zero-order valence-electron chi connectivity index (χ0n) is 12.2. The van der Waals surface area contributed by atoms with Crippen LogP contribution >= 0.6 is 0 Å². The lowest BCUT2D eigenvalue weighted by molar-refractivity contribution is -0.133. The SMILES string of the molecule is O=C(Cn1nnc(C2CCCCC2F)n1)N1CCCCC1. The highest BCUT2D eigenvalue weighted by molar-refractivity contribution is 5.75. The van der Waals surface area contributed by atoms with Gasteiger partial charge in [0.2, 0.25) is 5.91 Å². The first kappa shape index (κ1) is 14.4. The van der Waals surface area contributed by atoms with Gasteiger partial charge in [0, 0.05) is 13.1 Å². The minimum atomic E-state index is -0.880. The van der Waals surface area contributed by atoms with Crippen molar-refractivity contribution in [2.24, 2.45) is 0 Å². The van der Waals surface area contributed by atoms with Crippen LogP contribution in [-0.4, -0.2) is 50.3 Å². The van der Waals surface area contributed by atoms with Crippen molar-refractivity contribution in [2.75, 3.05) is 13.1 Å². The van der Waals surface area contributed by atoms with Gasteiger partial charge in [-0.25, -0.2) is 4.39 Å². The molecule has 2 heterocycles. The van der Waals surface area contributed by atoms with Crippen LogP contribution in [0.15, 0.2) is 0 Å². The van der Waals surface area contributed by atoms with Crippen molar-refractivity contribution in [1.29, 1.82) is 0 Å². The number of piperidine rings is 1. The molecule has 1 aliphatic carbocycles. The van der Waals surface area contributed by atoms with E-state index in [0.29, 0.717) is 12.2 Å². The van der Waals surface area contributed by atoms with E-state index in [1.807, 2.05) is 4.90 Å². The number of hydrogen-bond donors (Lipinski definition) is 0. The van der Waals surface area contributed by atoms with Crippen LogP contribution in [0.25, 0.3) is 0 Å². The predicted octanol–water partition coefficient (Wildman–Crippen LogP) is 1.68. The Morgan fingerprint density at radius 1 is 1.14 bits per heavy atom. The van der Waals surface area contributed by atoms with Crippen molar-refractivity contribution in [3.05, 3.63) is 5.82 Å². The second kappa shape index (κ2) is 6.49. The molecule has 0 N–H and O–H groups in total. The maximum Gasteiger partial charge on any atom is 0.246 e. The molecule has 1 saturated heterocycles. The molecule has 0 spiro atoms. The van der Waals surface area contributed by atoms with Crippen molar-refractivity contribution in [2.45, 2.75) is 63.6 Å². The van der Waals surface area contributed by atoms with E-state index in [9.17, 15) is 9.18 Å². The molecule has 21 heavy (non-hydrogen) atoms. The van der Waals surface area contributed by atoms with Crippen LogP contribution < -0.4 is 0 Å². The quantitative estimate of drug-likeness (QED) is 0.851. The number of aromatic nitrogens is 4. The van der Waals surface area contributed by atoms with E-state index < -0.39 is 6.17 Å². The van der Waals surface area contributed by atoms with Gasteiger partial charge in [-0.05, 0) is 37.3 Å². The molecule has 0 aromatic carbocycles. The number of alkyl halides is 1. The molecule has 0 radical (unpaired) electrons. The summed E-state index contributed by atoms with van der Waals surface area (Å²) in [5.41, 5.74) is 0. The van der Waals surface area contributed by atoms with Gasteiger partial charge in [0.1, 0.15) is 12.7 Å². The minimum absolute atomic E-state index is 0.0269. The predicted molar refractivity (Wildman–Crippen MR) is 74.4 cm³/mol. The topological polar surface area (TPSA) is 63.9 Å². The van der Waals surface area contributed by atoms with E-state index in [1.165, 1.54) is 11.2 Å². The van der Waals surface area contributed by atoms with Gasteiger partial charge in [-0.15, -0.1) is 10.2 Å². The molecule has 6 nitrogen and oxygen atoms in total. The summed E-state index contributed by atoms with van der Waals surface area (Å²) in [6.45, 7) is 1.74. The summed E-state index contributed by atoms with van der Waals surface area (Å²) >= 11 is 0. The summed E-state index contributed by atoms with van der Waals surface area (Å²) in [6.07, 6.45) is 5.72. The summed E-state index contributed by atoms with van der Waals surface area (Å²) in [6, 6.07) is 0. The number of amides is 1. The van der Waals surface area contributed by atoms with Gasteiger partial charge >= 0.3 is 0 Å². The molecule has 1 saturated carbocycles. The third kappa shape index (κ3) is 3.39. The molecule has 1 aliphatic heterocycles. The Hall–Kier alpha value is -1.53. The van der Waals surface area contributed by atoms with Crippen molar-refractivity contribution < 1.29 is 9.18 Å². The highest BCUT2D eigenvalue weighted by Gasteiger charge is 2.30. The normalized spacial score (nSPS) is 26.8. The van der Waals surface area contributed by atoms with Crippen LogP contribution in [0.3, 0.4) is 0 Å². The molecule has 1 aromatic heterocycles. The first-order valence-corrected chi connectivity index (χ1v) is 7.93. The largest absolute Gasteiger partial charge is 0.341 e. The van der Waals surface area contributed by atoms with Crippen molar-refractivity contribution >= 4 is 5.91 Å². The van der Waals surface area contributed by atoms with Gasteiger partial charge in [-0.2, -0.15) is 4.80 Å². The van der Waals surface area contributed by atoms with E-state index in [1.54, 1.807) is 0 Å². The standard InChI is InChI=1S/C14H22FN5O/c15-12-7-3-2-6-11(12)14-16-18-20(17-14)10-13(21)19-8-4-1-5-9-19/h11-12H,1-10H2. The van der Waals surface area contributed by atoms with Gasteiger partial charge in [-0.1, -0.05) is 12.8 Å². The number of hydrogen-bond acceptors (Lipinski definition) is 4. The number of nitrogens with zero attached hydrogens (tertiary/aromatic N) is 5. The molecule has 3 rings (SSSR count). The highest BCUT2D eigenvalue weighted by Crippen LogP contribution is 2.32. The summed E-state index contributed by atoms with van der Waals surface area (Å²) < 4.78 is 13.9. The number of tetrazole rings is 1. The summed E-state index contributed by atoms with van der Waals surface area (Å²) in [5, 5.41) is 12.1. The third-order valence-electron chi connectivity index (χ3n) is 4.47. The molecule has 2 unspecified atom stereocenters. The summed E-state index contributed by atoms with van der Waals surface area (Å²) in [5.74, 6) is 0.227. The van der Waals surface area contributed by atoms with Gasteiger partial charge in [0.15, 0.2) is 5.82 Å². The molecule has 1 aromatic rings. The van der Waals surface area contributed by atoms with Crippen LogP contribution in [0, 0.1) is 0 Å². The fourth-order valence-corrected chi connectivity index (χ4v) is 3.21. The second-order valence-corrected chi connectivity index (χ2v) is 6.03. The van der Waals surface area contributed by atoms with Gasteiger partial charge in [0.25, 0.3) is 0 Å². The fraction of sp³-hybridized carbons (Fsp3) is 0.857. The molecule has 2 aliphatic rings. The average Bonchev–Trinajstić information content (AvgIpc) is 2.97. The summed E-state index contributed by atoms with van der Waals surface area (Å²) in [4.78, 5) is 15.3. The van der Waals surface area contributed by atoms with E-state index in [4.69, 9.17) is 0 Å². The Kier molecular flexibility index (Phi) is 4.45. The van der Waals surface area contributed by atoms with Crippen molar-refractivity contribution in [3.63, 3.8) is 0 Å². The zero-order valence-corrected chi connectivity index (χ0v) is 12.2. The number of halogens is 1. The molecule has 116 valence electrons. The molecule has 2 atom stereocenters. The Morgan fingerprint density at radius 2 is 1.90 bits per heavy atom. The van der Waals surface area contributed by atoms with Crippen LogP contribution in [0.5, 0.6) is 0 Å². The first-order chi connectivity index (χ1) is 10.2. The molecule has 7 heteroatoms. The van der Waals surface area contributed by atoms with E-state index in [2.05, 4.69) is 15.4 Å². The zero-order chi connectivity index (χ0) is 14.7. The number of carbonyl (C=O) groups excluding carboxylic acids is 1. The lowest BCUT2D eigenvalue weighted by atomic mass is 9.87. The lowest BCUT2D eigenvalue weighted by Gasteiger charge is -2.26. The highest BCUT2D eigenvalue weighted by atomic mass is 19.1. The molecular weight excluding hydrogens is 273 g/mol. The van der Waals surface area contributed by atoms with E-state index >= 15 is 0 Å². The van der Waals surface area contributed by atoms with Gasteiger partial charge in [-0.3, -0.25) is 4.79 Å². The number of carbonyl (C=O) groups is 1. The molecular formula is C14H22FN5O. The summed E-state index contributed by atoms with van der Waals surface area (Å²) in [7, 11) is 0. The van der Waals surface area contributed by atoms with Crippen LogP contribution in [0.2, 0.25) is 0 Å². The third-order valence-corrected chi connectivity index (χ3v) is 4.47. The second-order valence-electron chi connectivity index (χ2n) is 6.03. The monoisotopic (exact) mass is 295 g/mol. The lowest BCUT2D eigenvalue weighted by Crippen LogP contribution is -2.38. The number of likely N-dealkylation sites (tertiary alicyclic amines) is 1. The Morgan fingerprint density at radius 3 is 2.67 bits per heavy atom. The average molecular weight is 295 g/mol. The van der Waals surface area contributed by atoms with Crippen molar-refractivity contribution in [1.82, 2.24) is 25.1 Å². The maximum atomic E-state index is 13.9. The first-order valence-electron chi connectivity index (χ1n) is 7.93. The van der Waals surface area contributed by atoms with Gasteiger partial charge < -0.3 is 4.90 Å².